The first-order valence-electron chi connectivity index (χ1n) is 23.6. The highest BCUT2D eigenvalue weighted by Gasteiger charge is 2.34. The van der Waals surface area contributed by atoms with E-state index in [9.17, 15) is 33.4 Å². The standard InChI is InChI=1S/C27H33FN6O4.C22H25FN6O2.CH4/c1-27(2,3)38-26(37)31-33(19-8-9-19)13-10-17-6-7-18(28)15-20(17)22-5-4-12-32(22)23-11-14-34-24(30-23)21(16-29-34)25(35)36;23-15-4-3-14(7-10-28(24)16-5-6-16)17(12-15)19-2-1-9-27(19)20-8-11-29-21(26-20)18(13-25-29)22(30)31;/h6-7,11,14-16,19,22H,4-5,8-10,12-13H2,1-3H3,(H,31,37)(H,35,36);3-4,8,11-13,16,19H,1-2,5-7,9-10,24H2,(H,30,31);1H4/t22-;19-;/m11./s1. The lowest BCUT2D eigenvalue weighted by atomic mass is 9.96. The largest absolute Gasteiger partial charge is 0.477 e. The molecule has 372 valence electrons. The monoisotopic (exact) mass is 964 g/mol. The van der Waals surface area contributed by atoms with E-state index in [1.807, 2.05) is 55.1 Å². The first-order chi connectivity index (χ1) is 33.1. The average Bonchev–Trinajstić information content (AvgIpc) is 4.11. The van der Waals surface area contributed by atoms with E-state index in [1.165, 1.54) is 33.6 Å². The Bertz CT molecular complexity index is 2860. The summed E-state index contributed by atoms with van der Waals surface area (Å²) in [7, 11) is 0. The number of aromatic nitrogens is 6. The molecule has 2 aromatic carbocycles. The number of hydrogen-bond acceptors (Lipinski definition) is 13. The molecule has 6 aromatic rings. The number of carbonyl (C=O) groups excluding carboxylic acids is 1. The normalized spacial score (nSPS) is 18.1. The molecule has 20 heteroatoms. The smallest absolute Gasteiger partial charge is 0.422 e. The van der Waals surface area contributed by atoms with Crippen molar-refractivity contribution >= 4 is 41.0 Å². The third-order valence-corrected chi connectivity index (χ3v) is 13.1. The number of anilines is 2. The molecule has 4 aromatic heterocycles. The molecule has 0 unspecified atom stereocenters. The summed E-state index contributed by atoms with van der Waals surface area (Å²) < 4.78 is 37.1. The van der Waals surface area contributed by atoms with Crippen LogP contribution in [-0.4, -0.2) is 111 Å². The van der Waals surface area contributed by atoms with Gasteiger partial charge in [-0.15, -0.1) is 0 Å². The zero-order valence-electron chi connectivity index (χ0n) is 39.0. The molecule has 4 aliphatic rings. The van der Waals surface area contributed by atoms with Gasteiger partial charge in [-0.2, -0.15) is 10.2 Å². The van der Waals surface area contributed by atoms with Crippen LogP contribution < -0.4 is 21.1 Å². The van der Waals surface area contributed by atoms with Gasteiger partial charge < -0.3 is 24.7 Å². The fraction of sp³-hybridized carbons (Fsp3) is 0.460. The molecule has 4 fully saturated rings. The van der Waals surface area contributed by atoms with E-state index in [1.54, 1.807) is 24.5 Å². The van der Waals surface area contributed by atoms with Crippen molar-refractivity contribution in [3.63, 3.8) is 0 Å². The van der Waals surface area contributed by atoms with Crippen molar-refractivity contribution in [3.8, 4) is 0 Å². The van der Waals surface area contributed by atoms with E-state index in [0.29, 0.717) is 42.8 Å². The number of carbonyl (C=O) groups is 3. The Labute approximate surface area is 405 Å². The highest BCUT2D eigenvalue weighted by Crippen LogP contribution is 2.40. The Morgan fingerprint density at radius 3 is 1.64 bits per heavy atom. The van der Waals surface area contributed by atoms with Crippen LogP contribution in [0, 0.1) is 11.6 Å². The van der Waals surface area contributed by atoms with Gasteiger partial charge in [0.05, 0.1) is 24.5 Å². The van der Waals surface area contributed by atoms with E-state index < -0.39 is 23.6 Å². The van der Waals surface area contributed by atoms with E-state index in [-0.39, 0.29) is 54.0 Å². The highest BCUT2D eigenvalue weighted by molar-refractivity contribution is 5.94. The maximum atomic E-state index is 14.5. The summed E-state index contributed by atoms with van der Waals surface area (Å²) in [5, 5.41) is 30.9. The van der Waals surface area contributed by atoms with Gasteiger partial charge in [-0.25, -0.2) is 52.2 Å². The van der Waals surface area contributed by atoms with Crippen LogP contribution in [0.25, 0.3) is 11.3 Å². The Kier molecular flexibility index (Phi) is 14.7. The van der Waals surface area contributed by atoms with Crippen molar-refractivity contribution < 1.29 is 38.1 Å². The van der Waals surface area contributed by atoms with Crippen molar-refractivity contribution in [1.29, 1.82) is 0 Å². The van der Waals surface area contributed by atoms with Crippen LogP contribution in [-0.2, 0) is 17.6 Å². The molecule has 2 saturated carbocycles. The molecular weight excluding hydrogens is 903 g/mol. The lowest BCUT2D eigenvalue weighted by molar-refractivity contribution is 0.0315. The summed E-state index contributed by atoms with van der Waals surface area (Å²) in [5.41, 5.74) is 6.89. The zero-order chi connectivity index (χ0) is 48.6. The average molecular weight is 965 g/mol. The number of benzene rings is 2. The Hall–Kier alpha value is -6.77. The molecule has 5 N–H and O–H groups in total. The van der Waals surface area contributed by atoms with Gasteiger partial charge in [0.1, 0.15) is 40.0 Å². The van der Waals surface area contributed by atoms with Gasteiger partial charge in [-0.1, -0.05) is 19.6 Å². The number of halogens is 2. The summed E-state index contributed by atoms with van der Waals surface area (Å²) in [6.45, 7) is 8.27. The van der Waals surface area contributed by atoms with Gasteiger partial charge >= 0.3 is 18.0 Å². The summed E-state index contributed by atoms with van der Waals surface area (Å²) in [6, 6.07) is 14.1. The van der Waals surface area contributed by atoms with Crippen LogP contribution in [0.1, 0.15) is 135 Å². The van der Waals surface area contributed by atoms with Crippen molar-refractivity contribution in [2.45, 2.75) is 122 Å². The van der Waals surface area contributed by atoms with Gasteiger partial charge in [-0.3, -0.25) is 11.3 Å². The van der Waals surface area contributed by atoms with Crippen LogP contribution in [0.5, 0.6) is 0 Å². The Morgan fingerprint density at radius 2 is 1.20 bits per heavy atom. The molecule has 0 spiro atoms. The quantitative estimate of drug-likeness (QED) is 0.0572. The second-order valence-corrected chi connectivity index (χ2v) is 19.2. The molecule has 0 radical (unpaired) electrons. The maximum absolute atomic E-state index is 14.5. The highest BCUT2D eigenvalue weighted by atomic mass is 19.1. The molecular formula is C50H62F2N12O6. The minimum absolute atomic E-state index is 0. The van der Waals surface area contributed by atoms with E-state index >= 15 is 0 Å². The van der Waals surface area contributed by atoms with E-state index in [0.717, 1.165) is 93.1 Å². The van der Waals surface area contributed by atoms with Crippen molar-refractivity contribution in [1.82, 2.24) is 44.6 Å². The van der Waals surface area contributed by atoms with E-state index in [4.69, 9.17) is 10.6 Å². The summed E-state index contributed by atoms with van der Waals surface area (Å²) in [4.78, 5) is 48.9. The Morgan fingerprint density at radius 1 is 0.729 bits per heavy atom. The van der Waals surface area contributed by atoms with Crippen LogP contribution in [0.3, 0.4) is 0 Å². The minimum atomic E-state index is -1.09. The summed E-state index contributed by atoms with van der Waals surface area (Å²) in [5.74, 6) is 4.72. The summed E-state index contributed by atoms with van der Waals surface area (Å²) >= 11 is 0. The molecule has 70 heavy (non-hydrogen) atoms. The lowest BCUT2D eigenvalue weighted by Crippen LogP contribution is -2.46. The number of carboxylic acids is 2. The van der Waals surface area contributed by atoms with Crippen molar-refractivity contribution in [2.75, 3.05) is 36.0 Å². The van der Waals surface area contributed by atoms with Crippen LogP contribution in [0.2, 0.25) is 0 Å². The number of nitrogens with two attached hydrogens (primary N) is 1. The van der Waals surface area contributed by atoms with Crippen molar-refractivity contribution in [3.05, 3.63) is 118 Å². The molecule has 2 atom stereocenters. The molecule has 0 bridgehead atoms. The molecule has 10 rings (SSSR count). The van der Waals surface area contributed by atoms with Crippen LogP contribution in [0.4, 0.5) is 25.2 Å². The van der Waals surface area contributed by atoms with Crippen LogP contribution >= 0.6 is 0 Å². The van der Waals surface area contributed by atoms with E-state index in [2.05, 4.69) is 35.4 Å². The number of fused-ring (bicyclic) bond motifs is 2. The molecule has 1 amide bonds. The number of hydrogen-bond donors (Lipinski definition) is 4. The lowest BCUT2D eigenvalue weighted by Gasteiger charge is -2.29. The molecule has 6 heterocycles. The maximum Gasteiger partial charge on any atom is 0.422 e. The number of hydrazine groups is 2. The molecule has 18 nitrogen and oxygen atoms in total. The second kappa shape index (κ2) is 20.7. The fourth-order valence-electron chi connectivity index (χ4n) is 9.49. The number of aromatic carboxylic acids is 2. The third-order valence-electron chi connectivity index (χ3n) is 13.1. The molecule has 2 aliphatic carbocycles. The third kappa shape index (κ3) is 11.3. The van der Waals surface area contributed by atoms with Crippen LogP contribution in [0.15, 0.2) is 73.3 Å². The first-order valence-corrected chi connectivity index (χ1v) is 23.6. The topological polar surface area (TPSA) is 212 Å². The minimum Gasteiger partial charge on any atom is -0.477 e. The first kappa shape index (κ1) is 49.6. The van der Waals surface area contributed by atoms with Crippen molar-refractivity contribution in [2.24, 2.45) is 5.84 Å². The number of amides is 1. The number of ether oxygens (including phenoxy) is 1. The number of rotatable bonds is 15. The van der Waals surface area contributed by atoms with Gasteiger partial charge in [0, 0.05) is 50.7 Å². The number of nitrogens with zero attached hydrogens (tertiary/aromatic N) is 10. The SMILES string of the molecule is C.CC(C)(C)OC(=O)NN(CCc1ccc(F)cc1[C@H]1CCCN1c1ccn2ncc(C(=O)O)c2n1)C1CC1.NN(CCc1ccc(F)cc1[C@H]1CCCN1c1ccn2ncc(C(=O)O)c2n1)C1CC1. The Balaban J connectivity index is 0.000000189. The number of nitrogens with one attached hydrogen (secondary N) is 1. The van der Waals surface area contributed by atoms with Gasteiger partial charge in [-0.05, 0) is 144 Å². The summed E-state index contributed by atoms with van der Waals surface area (Å²) in [6.07, 6.45) is 14.7. The fourth-order valence-corrected chi connectivity index (χ4v) is 9.49. The van der Waals surface area contributed by atoms with Gasteiger partial charge in [0.25, 0.3) is 0 Å². The predicted octanol–water partition coefficient (Wildman–Crippen LogP) is 7.78. The number of carboxylic acid groups (broad SMARTS) is 2. The predicted molar refractivity (Wildman–Crippen MR) is 258 cm³/mol. The van der Waals surface area contributed by atoms with Gasteiger partial charge in [0.15, 0.2) is 11.3 Å². The second-order valence-electron chi connectivity index (χ2n) is 19.2. The van der Waals surface area contributed by atoms with Gasteiger partial charge in [0.2, 0.25) is 0 Å². The zero-order valence-corrected chi connectivity index (χ0v) is 39.0. The molecule has 2 aliphatic heterocycles. The molecule has 2 saturated heterocycles.